The zero-order valence-electron chi connectivity index (χ0n) is 17.3. The van der Waals surface area contributed by atoms with Gasteiger partial charge in [-0.05, 0) is 67.8 Å². The SMILES string of the molecule is O=C1CCC(N2Cc3c(CNC4CCCC45CCNCC5)cccc3C2=O)C(=O)N1. The van der Waals surface area contributed by atoms with E-state index in [0.717, 1.165) is 30.8 Å². The summed E-state index contributed by atoms with van der Waals surface area (Å²) in [5.41, 5.74) is 3.28. The first-order valence-electron chi connectivity index (χ1n) is 11.3. The van der Waals surface area contributed by atoms with Gasteiger partial charge in [-0.15, -0.1) is 0 Å². The fraction of sp³-hybridized carbons (Fsp3) is 0.609. The number of fused-ring (bicyclic) bond motifs is 1. The Hall–Kier alpha value is -2.25. The van der Waals surface area contributed by atoms with Crippen LogP contribution in [-0.4, -0.2) is 47.8 Å². The Morgan fingerprint density at radius 2 is 1.93 bits per heavy atom. The number of hydrogen-bond acceptors (Lipinski definition) is 5. The number of nitrogens with one attached hydrogen (secondary N) is 3. The van der Waals surface area contributed by atoms with E-state index in [-0.39, 0.29) is 24.1 Å². The van der Waals surface area contributed by atoms with Crippen LogP contribution < -0.4 is 16.0 Å². The van der Waals surface area contributed by atoms with Crippen molar-refractivity contribution in [2.24, 2.45) is 5.41 Å². The third-order valence-electron chi connectivity index (χ3n) is 7.72. The van der Waals surface area contributed by atoms with Gasteiger partial charge in [0.05, 0.1) is 0 Å². The molecule has 7 heteroatoms. The zero-order valence-corrected chi connectivity index (χ0v) is 17.3. The largest absolute Gasteiger partial charge is 0.322 e. The molecule has 160 valence electrons. The number of carbonyl (C=O) groups is 3. The third-order valence-corrected chi connectivity index (χ3v) is 7.72. The molecule has 1 aromatic carbocycles. The molecule has 3 amide bonds. The molecular formula is C23H30N4O3. The summed E-state index contributed by atoms with van der Waals surface area (Å²) in [5, 5.41) is 9.69. The van der Waals surface area contributed by atoms with Crippen molar-refractivity contribution in [2.75, 3.05) is 13.1 Å². The van der Waals surface area contributed by atoms with Crippen LogP contribution in [0.4, 0.5) is 0 Å². The lowest BCUT2D eigenvalue weighted by Crippen LogP contribution is -2.52. The van der Waals surface area contributed by atoms with Gasteiger partial charge in [-0.3, -0.25) is 19.7 Å². The zero-order chi connectivity index (χ0) is 20.7. The normalized spacial score (nSPS) is 28.1. The molecule has 0 aromatic heterocycles. The first kappa shape index (κ1) is 19.7. The summed E-state index contributed by atoms with van der Waals surface area (Å²) in [6.07, 6.45) is 6.96. The van der Waals surface area contributed by atoms with E-state index in [1.807, 2.05) is 12.1 Å². The number of benzene rings is 1. The maximum Gasteiger partial charge on any atom is 0.255 e. The highest BCUT2D eigenvalue weighted by molar-refractivity contribution is 6.05. The van der Waals surface area contributed by atoms with Crippen molar-refractivity contribution in [3.8, 4) is 0 Å². The predicted octanol–water partition coefficient (Wildman–Crippen LogP) is 1.46. The second-order valence-electron chi connectivity index (χ2n) is 9.28. The van der Waals surface area contributed by atoms with Gasteiger partial charge in [0.25, 0.3) is 5.91 Å². The van der Waals surface area contributed by atoms with E-state index in [0.29, 0.717) is 30.0 Å². The minimum absolute atomic E-state index is 0.1000. The molecule has 1 aliphatic carbocycles. The summed E-state index contributed by atoms with van der Waals surface area (Å²) in [7, 11) is 0. The van der Waals surface area contributed by atoms with E-state index in [1.54, 1.807) is 4.90 Å². The molecule has 1 spiro atoms. The molecule has 2 unspecified atom stereocenters. The summed E-state index contributed by atoms with van der Waals surface area (Å²) >= 11 is 0. The molecule has 2 atom stereocenters. The number of piperidine rings is 2. The van der Waals surface area contributed by atoms with Crippen LogP contribution >= 0.6 is 0 Å². The van der Waals surface area contributed by atoms with Crippen molar-refractivity contribution in [3.05, 3.63) is 34.9 Å². The van der Waals surface area contributed by atoms with Crippen molar-refractivity contribution in [1.29, 1.82) is 0 Å². The molecule has 1 saturated carbocycles. The molecule has 3 fully saturated rings. The quantitative estimate of drug-likeness (QED) is 0.654. The van der Waals surface area contributed by atoms with Crippen molar-refractivity contribution in [1.82, 2.24) is 20.9 Å². The first-order valence-corrected chi connectivity index (χ1v) is 11.3. The predicted molar refractivity (Wildman–Crippen MR) is 112 cm³/mol. The number of amides is 3. The molecule has 1 aromatic rings. The van der Waals surface area contributed by atoms with E-state index in [4.69, 9.17) is 0 Å². The van der Waals surface area contributed by atoms with E-state index in [1.165, 1.54) is 32.1 Å². The third kappa shape index (κ3) is 3.34. The van der Waals surface area contributed by atoms with Gasteiger partial charge in [-0.1, -0.05) is 18.6 Å². The molecule has 5 rings (SSSR count). The molecule has 4 aliphatic rings. The Kier molecular flexibility index (Phi) is 5.11. The highest BCUT2D eigenvalue weighted by Gasteiger charge is 2.43. The highest BCUT2D eigenvalue weighted by atomic mass is 16.2. The van der Waals surface area contributed by atoms with Gasteiger partial charge in [-0.25, -0.2) is 0 Å². The van der Waals surface area contributed by atoms with Gasteiger partial charge in [0, 0.05) is 31.1 Å². The lowest BCUT2D eigenvalue weighted by molar-refractivity contribution is -0.136. The van der Waals surface area contributed by atoms with Crippen LogP contribution in [0, 0.1) is 5.41 Å². The number of rotatable bonds is 4. The molecule has 0 radical (unpaired) electrons. The Morgan fingerprint density at radius 1 is 1.10 bits per heavy atom. The summed E-state index contributed by atoms with van der Waals surface area (Å²) in [6, 6.07) is 5.86. The van der Waals surface area contributed by atoms with Gasteiger partial charge in [0.1, 0.15) is 6.04 Å². The van der Waals surface area contributed by atoms with E-state index in [9.17, 15) is 14.4 Å². The number of nitrogens with zero attached hydrogens (tertiary/aromatic N) is 1. The standard InChI is InChI=1S/C23H30N4O3/c28-20-7-6-18(21(29)26-20)27-14-17-15(3-1-4-16(17)22(27)30)13-25-19-5-2-8-23(19)9-11-24-12-10-23/h1,3-4,18-19,24-25H,2,5-14H2,(H,26,28,29). The number of imide groups is 1. The molecule has 3 aliphatic heterocycles. The van der Waals surface area contributed by atoms with Crippen LogP contribution in [0.25, 0.3) is 0 Å². The Balaban J connectivity index is 1.31. The van der Waals surface area contributed by atoms with Crippen molar-refractivity contribution < 1.29 is 14.4 Å². The smallest absolute Gasteiger partial charge is 0.255 e. The fourth-order valence-electron chi connectivity index (χ4n) is 6.03. The van der Waals surface area contributed by atoms with Crippen LogP contribution in [0.1, 0.15) is 66.4 Å². The molecule has 2 saturated heterocycles. The van der Waals surface area contributed by atoms with Gasteiger partial charge in [0.15, 0.2) is 0 Å². The molecule has 3 heterocycles. The van der Waals surface area contributed by atoms with Crippen LogP contribution in [0.15, 0.2) is 18.2 Å². The maximum absolute atomic E-state index is 13.0. The minimum Gasteiger partial charge on any atom is -0.322 e. The molecule has 0 bridgehead atoms. The average molecular weight is 411 g/mol. The lowest BCUT2D eigenvalue weighted by atomic mass is 9.74. The van der Waals surface area contributed by atoms with E-state index < -0.39 is 6.04 Å². The maximum atomic E-state index is 13.0. The van der Waals surface area contributed by atoms with Gasteiger partial charge in [-0.2, -0.15) is 0 Å². The summed E-state index contributed by atoms with van der Waals surface area (Å²) < 4.78 is 0. The molecular weight excluding hydrogens is 380 g/mol. The second kappa shape index (κ2) is 7.78. The van der Waals surface area contributed by atoms with E-state index >= 15 is 0 Å². The van der Waals surface area contributed by atoms with Gasteiger partial charge < -0.3 is 15.5 Å². The summed E-state index contributed by atoms with van der Waals surface area (Å²) in [6.45, 7) is 3.40. The van der Waals surface area contributed by atoms with Crippen LogP contribution in [0.2, 0.25) is 0 Å². The van der Waals surface area contributed by atoms with Crippen LogP contribution in [0.5, 0.6) is 0 Å². The monoisotopic (exact) mass is 410 g/mol. The molecule has 30 heavy (non-hydrogen) atoms. The number of hydrogen-bond donors (Lipinski definition) is 3. The summed E-state index contributed by atoms with van der Waals surface area (Å²) in [5.74, 6) is -0.711. The molecule has 3 N–H and O–H groups in total. The lowest BCUT2D eigenvalue weighted by Gasteiger charge is -2.40. The van der Waals surface area contributed by atoms with Crippen molar-refractivity contribution >= 4 is 17.7 Å². The topological polar surface area (TPSA) is 90.5 Å². The Labute approximate surface area is 177 Å². The Bertz CT molecular complexity index is 877. The van der Waals surface area contributed by atoms with Gasteiger partial charge in [0.2, 0.25) is 11.8 Å². The first-order chi connectivity index (χ1) is 14.6. The van der Waals surface area contributed by atoms with E-state index in [2.05, 4.69) is 22.0 Å². The minimum atomic E-state index is -0.559. The molecule has 7 nitrogen and oxygen atoms in total. The van der Waals surface area contributed by atoms with Crippen molar-refractivity contribution in [3.63, 3.8) is 0 Å². The van der Waals surface area contributed by atoms with Gasteiger partial charge >= 0.3 is 0 Å². The Morgan fingerprint density at radius 3 is 2.73 bits per heavy atom. The number of carbonyl (C=O) groups excluding carboxylic acids is 3. The highest BCUT2D eigenvalue weighted by Crippen LogP contribution is 2.45. The fourth-order valence-corrected chi connectivity index (χ4v) is 6.03. The van der Waals surface area contributed by atoms with Crippen LogP contribution in [-0.2, 0) is 22.7 Å². The van der Waals surface area contributed by atoms with Crippen molar-refractivity contribution in [2.45, 2.75) is 70.1 Å². The summed E-state index contributed by atoms with van der Waals surface area (Å²) in [4.78, 5) is 38.4. The average Bonchev–Trinajstić information content (AvgIpc) is 3.28. The second-order valence-corrected chi connectivity index (χ2v) is 9.28. The van der Waals surface area contributed by atoms with Crippen LogP contribution in [0.3, 0.4) is 0 Å².